The second kappa shape index (κ2) is 5.42. The highest BCUT2D eigenvalue weighted by Crippen LogP contribution is 2.33. The molecule has 1 aromatic carbocycles. The maximum absolute atomic E-state index is 12.3. The number of carbonyl (C=O) groups excluding carboxylic acids is 1. The van der Waals surface area contributed by atoms with Crippen LogP contribution in [-0.2, 0) is 6.54 Å². The Kier molecular flexibility index (Phi) is 3.38. The van der Waals surface area contributed by atoms with Gasteiger partial charge in [-0.3, -0.25) is 9.69 Å². The summed E-state index contributed by atoms with van der Waals surface area (Å²) in [6.07, 6.45) is 1.54. The molecule has 1 amide bonds. The van der Waals surface area contributed by atoms with Gasteiger partial charge in [0.1, 0.15) is 17.3 Å². The smallest absolute Gasteiger partial charge is 0.258 e. The van der Waals surface area contributed by atoms with Crippen LogP contribution in [-0.4, -0.2) is 29.6 Å². The van der Waals surface area contributed by atoms with E-state index in [2.05, 4.69) is 10.2 Å². The van der Waals surface area contributed by atoms with Gasteiger partial charge in [0.05, 0.1) is 12.1 Å². The van der Waals surface area contributed by atoms with E-state index >= 15 is 0 Å². The van der Waals surface area contributed by atoms with Gasteiger partial charge in [0, 0.05) is 25.9 Å². The molecule has 120 valence electrons. The molecule has 1 saturated heterocycles. The van der Waals surface area contributed by atoms with E-state index in [0.29, 0.717) is 11.3 Å². The van der Waals surface area contributed by atoms with Crippen LogP contribution >= 0.6 is 0 Å². The number of piperidine rings is 1. The standard InChI is InChI=1S/C18H20N2O3/c1-13-6-7-14(22-13)12-20-10-8-18(9-11-20)19-17(21)15-4-2-3-5-16(15)23-18/h2-7H,8-12H2,1H3,(H,19,21). The van der Waals surface area contributed by atoms with Crippen LogP contribution in [0.1, 0.15) is 34.7 Å². The van der Waals surface area contributed by atoms with Crippen LogP contribution in [0.4, 0.5) is 0 Å². The predicted octanol–water partition coefficient (Wildman–Crippen LogP) is 2.70. The molecular weight excluding hydrogens is 292 g/mol. The van der Waals surface area contributed by atoms with E-state index in [1.165, 1.54) is 0 Å². The van der Waals surface area contributed by atoms with Crippen molar-refractivity contribution in [1.82, 2.24) is 10.2 Å². The summed E-state index contributed by atoms with van der Waals surface area (Å²) >= 11 is 0. The molecule has 2 aromatic rings. The zero-order chi connectivity index (χ0) is 15.9. The highest BCUT2D eigenvalue weighted by atomic mass is 16.5. The van der Waals surface area contributed by atoms with E-state index in [4.69, 9.17) is 9.15 Å². The molecule has 1 fully saturated rings. The number of ether oxygens (including phenoxy) is 1. The molecular formula is C18H20N2O3. The van der Waals surface area contributed by atoms with Crippen molar-refractivity contribution in [2.24, 2.45) is 0 Å². The highest BCUT2D eigenvalue weighted by molar-refractivity contribution is 5.98. The van der Waals surface area contributed by atoms with E-state index in [1.54, 1.807) is 6.07 Å². The van der Waals surface area contributed by atoms with E-state index < -0.39 is 5.72 Å². The Hall–Kier alpha value is -2.27. The summed E-state index contributed by atoms with van der Waals surface area (Å²) in [4.78, 5) is 14.6. The van der Waals surface area contributed by atoms with Crippen molar-refractivity contribution in [2.45, 2.75) is 32.0 Å². The van der Waals surface area contributed by atoms with Crippen LogP contribution in [0.15, 0.2) is 40.8 Å². The van der Waals surface area contributed by atoms with Gasteiger partial charge in [0.15, 0.2) is 5.72 Å². The average Bonchev–Trinajstić information content (AvgIpc) is 2.95. The number of amides is 1. The topological polar surface area (TPSA) is 54.7 Å². The Labute approximate surface area is 135 Å². The van der Waals surface area contributed by atoms with Gasteiger partial charge in [-0.2, -0.15) is 0 Å². The third-order valence-electron chi connectivity index (χ3n) is 4.62. The lowest BCUT2D eigenvalue weighted by molar-refractivity contribution is -0.0314. The first-order valence-corrected chi connectivity index (χ1v) is 8.02. The molecule has 3 heterocycles. The van der Waals surface area contributed by atoms with Crippen molar-refractivity contribution in [3.05, 3.63) is 53.5 Å². The summed E-state index contributed by atoms with van der Waals surface area (Å²) < 4.78 is 11.8. The van der Waals surface area contributed by atoms with Gasteiger partial charge < -0.3 is 14.5 Å². The molecule has 1 spiro atoms. The third-order valence-corrected chi connectivity index (χ3v) is 4.62. The number of furan rings is 1. The molecule has 0 atom stereocenters. The van der Waals surface area contributed by atoms with Gasteiger partial charge in [-0.25, -0.2) is 0 Å². The first-order valence-electron chi connectivity index (χ1n) is 8.02. The molecule has 0 aliphatic carbocycles. The SMILES string of the molecule is Cc1ccc(CN2CCC3(CC2)NC(=O)c2ccccc2O3)o1. The number of hydrogen-bond acceptors (Lipinski definition) is 4. The Morgan fingerprint density at radius 1 is 1.17 bits per heavy atom. The van der Waals surface area contributed by atoms with Crippen LogP contribution in [0, 0.1) is 6.92 Å². The lowest BCUT2D eigenvalue weighted by atomic mass is 9.97. The van der Waals surface area contributed by atoms with Crippen molar-refractivity contribution in [1.29, 1.82) is 0 Å². The van der Waals surface area contributed by atoms with Crippen LogP contribution in [0.3, 0.4) is 0 Å². The first-order chi connectivity index (χ1) is 11.1. The van der Waals surface area contributed by atoms with Crippen molar-refractivity contribution in [3.63, 3.8) is 0 Å². The van der Waals surface area contributed by atoms with Crippen molar-refractivity contribution in [3.8, 4) is 5.75 Å². The molecule has 5 nitrogen and oxygen atoms in total. The van der Waals surface area contributed by atoms with E-state index in [1.807, 2.05) is 37.3 Å². The fraction of sp³-hybridized carbons (Fsp3) is 0.389. The number of carbonyl (C=O) groups is 1. The number of aryl methyl sites for hydroxylation is 1. The summed E-state index contributed by atoms with van der Waals surface area (Å²) in [7, 11) is 0. The fourth-order valence-electron chi connectivity index (χ4n) is 3.34. The van der Waals surface area contributed by atoms with E-state index in [9.17, 15) is 4.79 Å². The Bertz CT molecular complexity index is 729. The van der Waals surface area contributed by atoms with E-state index in [-0.39, 0.29) is 5.91 Å². The quantitative estimate of drug-likeness (QED) is 0.926. The predicted molar refractivity (Wildman–Crippen MR) is 85.2 cm³/mol. The monoisotopic (exact) mass is 312 g/mol. The highest BCUT2D eigenvalue weighted by Gasteiger charge is 2.42. The summed E-state index contributed by atoms with van der Waals surface area (Å²) in [5.41, 5.74) is 0.0488. The van der Waals surface area contributed by atoms with Crippen LogP contribution in [0.2, 0.25) is 0 Å². The number of fused-ring (bicyclic) bond motifs is 1. The first kappa shape index (κ1) is 14.3. The number of nitrogens with one attached hydrogen (secondary N) is 1. The minimum atomic E-state index is -0.568. The van der Waals surface area contributed by atoms with Gasteiger partial charge in [0.2, 0.25) is 0 Å². The minimum Gasteiger partial charge on any atom is -0.467 e. The maximum Gasteiger partial charge on any atom is 0.258 e. The minimum absolute atomic E-state index is 0.0399. The Morgan fingerprint density at radius 3 is 2.70 bits per heavy atom. The van der Waals surface area contributed by atoms with Gasteiger partial charge in [0.25, 0.3) is 5.91 Å². The lowest BCUT2D eigenvalue weighted by Gasteiger charge is -2.44. The number of likely N-dealkylation sites (tertiary alicyclic amines) is 1. The van der Waals surface area contributed by atoms with Gasteiger partial charge >= 0.3 is 0 Å². The summed E-state index contributed by atoms with van der Waals surface area (Å²) in [5.74, 6) is 2.57. The molecule has 23 heavy (non-hydrogen) atoms. The summed E-state index contributed by atoms with van der Waals surface area (Å²) in [5, 5.41) is 3.07. The van der Waals surface area contributed by atoms with Crippen LogP contribution in [0.5, 0.6) is 5.75 Å². The lowest BCUT2D eigenvalue weighted by Crippen LogP contribution is -2.60. The molecule has 0 unspecified atom stereocenters. The third kappa shape index (κ3) is 2.72. The molecule has 5 heteroatoms. The molecule has 2 aliphatic rings. The molecule has 1 N–H and O–H groups in total. The molecule has 0 saturated carbocycles. The number of hydrogen-bond donors (Lipinski definition) is 1. The molecule has 0 bridgehead atoms. The van der Waals surface area contributed by atoms with Crippen molar-refractivity contribution in [2.75, 3.05) is 13.1 Å². The molecule has 4 rings (SSSR count). The number of rotatable bonds is 2. The summed E-state index contributed by atoms with van der Waals surface area (Å²) in [6.45, 7) is 4.48. The maximum atomic E-state index is 12.3. The van der Waals surface area contributed by atoms with Gasteiger partial charge in [-0.15, -0.1) is 0 Å². The average molecular weight is 312 g/mol. The van der Waals surface area contributed by atoms with Gasteiger partial charge in [-0.05, 0) is 31.2 Å². The second-order valence-electron chi connectivity index (χ2n) is 6.34. The zero-order valence-corrected chi connectivity index (χ0v) is 13.2. The molecule has 1 aromatic heterocycles. The fourth-order valence-corrected chi connectivity index (χ4v) is 3.34. The number of benzene rings is 1. The molecule has 2 aliphatic heterocycles. The zero-order valence-electron chi connectivity index (χ0n) is 13.2. The second-order valence-corrected chi connectivity index (χ2v) is 6.34. The Balaban J connectivity index is 1.44. The summed E-state index contributed by atoms with van der Waals surface area (Å²) in [6, 6.07) is 11.4. The number of nitrogens with zero attached hydrogens (tertiary/aromatic N) is 1. The normalized spacial score (nSPS) is 20.0. The largest absolute Gasteiger partial charge is 0.467 e. The number of para-hydroxylation sites is 1. The molecule has 0 radical (unpaired) electrons. The van der Waals surface area contributed by atoms with Crippen LogP contribution in [0.25, 0.3) is 0 Å². The van der Waals surface area contributed by atoms with E-state index in [0.717, 1.165) is 44.0 Å². The van der Waals surface area contributed by atoms with Crippen molar-refractivity contribution < 1.29 is 13.9 Å². The Morgan fingerprint density at radius 2 is 1.96 bits per heavy atom. The van der Waals surface area contributed by atoms with Crippen molar-refractivity contribution >= 4 is 5.91 Å². The van der Waals surface area contributed by atoms with Gasteiger partial charge in [-0.1, -0.05) is 12.1 Å². The van der Waals surface area contributed by atoms with Crippen LogP contribution < -0.4 is 10.1 Å².